The summed E-state index contributed by atoms with van der Waals surface area (Å²) in [4.78, 5) is 16.0. The summed E-state index contributed by atoms with van der Waals surface area (Å²) in [7, 11) is 1.77. The molecule has 3 N–H and O–H groups in total. The van der Waals surface area contributed by atoms with Crippen molar-refractivity contribution >= 4 is 41.5 Å². The quantitative estimate of drug-likeness (QED) is 0.305. The number of halogens is 1. The molecule has 0 spiro atoms. The molecule has 0 radical (unpaired) electrons. The zero-order valence-corrected chi connectivity index (χ0v) is 19.4. The molecule has 0 bridgehead atoms. The number of carbonyl (C=O) groups excluding carboxylic acids is 1. The Kier molecular flexibility index (Phi) is 10.6. The molecule has 2 aromatic rings. The molecular weight excluding hydrogens is 463 g/mol. The van der Waals surface area contributed by atoms with E-state index in [2.05, 4.69) is 52.1 Å². The predicted octanol–water partition coefficient (Wildman–Crippen LogP) is 4.33. The lowest BCUT2D eigenvalue weighted by atomic mass is 10.1. The largest absolute Gasteiger partial charge is 0.352 e. The molecule has 28 heavy (non-hydrogen) atoms. The highest BCUT2D eigenvalue weighted by atomic mass is 127. The zero-order chi connectivity index (χ0) is 19.6. The third kappa shape index (κ3) is 7.50. The van der Waals surface area contributed by atoms with Gasteiger partial charge < -0.3 is 16.0 Å². The summed E-state index contributed by atoms with van der Waals surface area (Å²) in [6, 6.07) is 16.3. The summed E-state index contributed by atoms with van der Waals surface area (Å²) >= 11 is 0. The molecule has 2 rings (SSSR count). The lowest BCUT2D eigenvalue weighted by Gasteiger charge is -2.14. The highest BCUT2D eigenvalue weighted by molar-refractivity contribution is 14.0. The molecule has 0 aliphatic rings. The Morgan fingerprint density at radius 3 is 2.14 bits per heavy atom. The van der Waals surface area contributed by atoms with E-state index in [-0.39, 0.29) is 35.8 Å². The number of benzene rings is 2. The number of amides is 1. The molecule has 0 saturated carbocycles. The molecule has 152 valence electrons. The maximum Gasteiger partial charge on any atom is 0.226 e. The number of carbonyl (C=O) groups is 1. The van der Waals surface area contributed by atoms with Gasteiger partial charge in [0.2, 0.25) is 5.91 Å². The lowest BCUT2D eigenvalue weighted by molar-refractivity contribution is -0.118. The van der Waals surface area contributed by atoms with Crippen LogP contribution in [0.25, 0.3) is 0 Å². The second-order valence-electron chi connectivity index (χ2n) is 6.74. The van der Waals surface area contributed by atoms with Gasteiger partial charge in [-0.1, -0.05) is 57.2 Å². The van der Waals surface area contributed by atoms with Gasteiger partial charge in [-0.25, -0.2) is 0 Å². The first-order valence-corrected chi connectivity index (χ1v) is 9.44. The Morgan fingerprint density at radius 2 is 1.57 bits per heavy atom. The summed E-state index contributed by atoms with van der Waals surface area (Å²) in [5.41, 5.74) is 4.57. The van der Waals surface area contributed by atoms with Crippen LogP contribution in [-0.4, -0.2) is 18.9 Å². The second kappa shape index (κ2) is 12.4. The van der Waals surface area contributed by atoms with E-state index in [4.69, 9.17) is 0 Å². The second-order valence-corrected chi connectivity index (χ2v) is 6.74. The van der Waals surface area contributed by atoms with E-state index < -0.39 is 0 Å². The van der Waals surface area contributed by atoms with E-state index in [0.717, 1.165) is 30.2 Å². The molecular formula is C22H31IN4O. The van der Waals surface area contributed by atoms with E-state index in [1.54, 1.807) is 7.05 Å². The fourth-order valence-electron chi connectivity index (χ4n) is 2.65. The van der Waals surface area contributed by atoms with Crippen LogP contribution in [0.15, 0.2) is 53.5 Å². The molecule has 5 nitrogen and oxygen atoms in total. The summed E-state index contributed by atoms with van der Waals surface area (Å²) in [5.74, 6) is 0.759. The van der Waals surface area contributed by atoms with Crippen LogP contribution in [0.1, 0.15) is 37.5 Å². The SMILES string of the molecule is CCc1ccccc1CNC(=NC)NCc1ccc(NC(=O)C(C)C)cc1.I. The van der Waals surface area contributed by atoms with Gasteiger partial charge in [-0.3, -0.25) is 9.79 Å². The summed E-state index contributed by atoms with van der Waals surface area (Å²) < 4.78 is 0. The highest BCUT2D eigenvalue weighted by Crippen LogP contribution is 2.11. The van der Waals surface area contributed by atoms with Crippen LogP contribution >= 0.6 is 24.0 Å². The van der Waals surface area contributed by atoms with Crippen LogP contribution in [0.3, 0.4) is 0 Å². The molecule has 0 heterocycles. The van der Waals surface area contributed by atoms with Crippen molar-refractivity contribution < 1.29 is 4.79 Å². The Labute approximate surface area is 185 Å². The minimum atomic E-state index is -0.0291. The molecule has 1 amide bonds. The third-order valence-corrected chi connectivity index (χ3v) is 4.37. The van der Waals surface area contributed by atoms with Crippen molar-refractivity contribution in [2.75, 3.05) is 12.4 Å². The average molecular weight is 494 g/mol. The molecule has 2 aromatic carbocycles. The molecule has 6 heteroatoms. The number of hydrogen-bond donors (Lipinski definition) is 3. The smallest absolute Gasteiger partial charge is 0.226 e. The summed E-state index contributed by atoms with van der Waals surface area (Å²) in [6.07, 6.45) is 1.02. The highest BCUT2D eigenvalue weighted by Gasteiger charge is 2.07. The van der Waals surface area contributed by atoms with Crippen LogP contribution in [0.2, 0.25) is 0 Å². The predicted molar refractivity (Wildman–Crippen MR) is 128 cm³/mol. The van der Waals surface area contributed by atoms with Crippen molar-refractivity contribution in [3.8, 4) is 0 Å². The fourth-order valence-corrected chi connectivity index (χ4v) is 2.65. The van der Waals surface area contributed by atoms with Gasteiger partial charge >= 0.3 is 0 Å². The van der Waals surface area contributed by atoms with Crippen molar-refractivity contribution in [3.63, 3.8) is 0 Å². The number of nitrogens with zero attached hydrogens (tertiary/aromatic N) is 1. The normalized spacial score (nSPS) is 11.0. The van der Waals surface area contributed by atoms with Crippen molar-refractivity contribution in [3.05, 3.63) is 65.2 Å². The number of aliphatic imine (C=N–C) groups is 1. The molecule has 0 saturated heterocycles. The van der Waals surface area contributed by atoms with Crippen molar-refractivity contribution in [1.82, 2.24) is 10.6 Å². The Hall–Kier alpha value is -2.09. The number of aryl methyl sites for hydroxylation is 1. The first-order chi connectivity index (χ1) is 13.0. The molecule has 0 fully saturated rings. The van der Waals surface area contributed by atoms with Gasteiger partial charge in [0.05, 0.1) is 0 Å². The Bertz CT molecular complexity index is 772. The number of guanidine groups is 1. The number of hydrogen-bond acceptors (Lipinski definition) is 2. The zero-order valence-electron chi connectivity index (χ0n) is 17.1. The molecule has 0 unspecified atom stereocenters. The third-order valence-electron chi connectivity index (χ3n) is 4.37. The van der Waals surface area contributed by atoms with Gasteiger partial charge in [0.15, 0.2) is 5.96 Å². The maximum atomic E-state index is 11.7. The van der Waals surface area contributed by atoms with Gasteiger partial charge in [0.1, 0.15) is 0 Å². The number of anilines is 1. The van der Waals surface area contributed by atoms with Crippen molar-refractivity contribution in [1.29, 1.82) is 0 Å². The van der Waals surface area contributed by atoms with Crippen LogP contribution in [0.5, 0.6) is 0 Å². The lowest BCUT2D eigenvalue weighted by Crippen LogP contribution is -2.36. The van der Waals surface area contributed by atoms with Crippen LogP contribution < -0.4 is 16.0 Å². The van der Waals surface area contributed by atoms with Crippen LogP contribution in [0, 0.1) is 5.92 Å². The average Bonchev–Trinajstić information content (AvgIpc) is 2.69. The van der Waals surface area contributed by atoms with Gasteiger partial charge in [0, 0.05) is 31.7 Å². The molecule has 0 aliphatic heterocycles. The van der Waals surface area contributed by atoms with E-state index in [9.17, 15) is 4.79 Å². The van der Waals surface area contributed by atoms with E-state index in [0.29, 0.717) is 6.54 Å². The summed E-state index contributed by atoms with van der Waals surface area (Å²) in [6.45, 7) is 7.33. The molecule has 0 atom stereocenters. The monoisotopic (exact) mass is 494 g/mol. The van der Waals surface area contributed by atoms with E-state index in [1.807, 2.05) is 38.1 Å². The van der Waals surface area contributed by atoms with Gasteiger partial charge in [-0.05, 0) is 35.2 Å². The fraction of sp³-hybridized carbons (Fsp3) is 0.364. The van der Waals surface area contributed by atoms with Crippen molar-refractivity contribution in [2.24, 2.45) is 10.9 Å². The maximum absolute atomic E-state index is 11.7. The summed E-state index contributed by atoms with van der Waals surface area (Å²) in [5, 5.41) is 9.58. The van der Waals surface area contributed by atoms with Gasteiger partial charge in [0.25, 0.3) is 0 Å². The minimum Gasteiger partial charge on any atom is -0.352 e. The number of nitrogens with one attached hydrogen (secondary N) is 3. The van der Waals surface area contributed by atoms with E-state index in [1.165, 1.54) is 11.1 Å². The van der Waals surface area contributed by atoms with Gasteiger partial charge in [-0.15, -0.1) is 24.0 Å². The standard InChI is InChI=1S/C22H30N4O.HI/c1-5-18-8-6-7-9-19(18)15-25-22(23-4)24-14-17-10-12-20(13-11-17)26-21(27)16(2)3;/h6-13,16H,5,14-15H2,1-4H3,(H,26,27)(H2,23,24,25);1H. The molecule has 0 aromatic heterocycles. The Balaban J connectivity index is 0.00000392. The first kappa shape index (κ1) is 23.9. The Morgan fingerprint density at radius 1 is 0.964 bits per heavy atom. The van der Waals surface area contributed by atoms with E-state index >= 15 is 0 Å². The topological polar surface area (TPSA) is 65.5 Å². The minimum absolute atomic E-state index is 0. The first-order valence-electron chi connectivity index (χ1n) is 9.44. The van der Waals surface area contributed by atoms with Crippen LogP contribution in [-0.2, 0) is 24.3 Å². The van der Waals surface area contributed by atoms with Gasteiger partial charge in [-0.2, -0.15) is 0 Å². The van der Waals surface area contributed by atoms with Crippen LogP contribution in [0.4, 0.5) is 5.69 Å². The van der Waals surface area contributed by atoms with Crippen molar-refractivity contribution in [2.45, 2.75) is 40.3 Å². The number of rotatable bonds is 7. The molecule has 0 aliphatic carbocycles.